The van der Waals surface area contributed by atoms with E-state index in [1.54, 1.807) is 0 Å². The molecule has 0 aliphatic rings. The molecule has 2 aromatic rings. The first kappa shape index (κ1) is 15.0. The number of carboxylic acids is 1. The lowest BCUT2D eigenvalue weighted by molar-refractivity contribution is -0.137. The number of rotatable bonds is 7. The van der Waals surface area contributed by atoms with Gasteiger partial charge in [0.15, 0.2) is 0 Å². The molecule has 0 saturated heterocycles. The molecular weight excluding hydrogens is 268 g/mol. The summed E-state index contributed by atoms with van der Waals surface area (Å²) in [7, 11) is 0. The van der Waals surface area contributed by atoms with Crippen LogP contribution in [0.5, 0.6) is 0 Å². The van der Waals surface area contributed by atoms with Crippen molar-refractivity contribution in [2.45, 2.75) is 32.2 Å². The number of pyridine rings is 1. The van der Waals surface area contributed by atoms with Crippen molar-refractivity contribution in [3.05, 3.63) is 41.6 Å². The molecule has 1 heterocycles. The minimum Gasteiger partial charge on any atom is -0.481 e. The predicted octanol–water partition coefficient (Wildman–Crippen LogP) is 2.07. The van der Waals surface area contributed by atoms with Crippen LogP contribution in [0.2, 0.25) is 0 Å². The van der Waals surface area contributed by atoms with Crippen molar-refractivity contribution in [1.82, 2.24) is 10.3 Å². The number of aryl methyl sites for hydroxylation is 1. The average Bonchev–Trinajstić information content (AvgIpc) is 2.44. The molecule has 1 aromatic heterocycles. The maximum absolute atomic E-state index is 10.7. The van der Waals surface area contributed by atoms with Crippen molar-refractivity contribution in [2.24, 2.45) is 0 Å². The van der Waals surface area contributed by atoms with Crippen LogP contribution in [0.3, 0.4) is 0 Å². The average molecular weight is 286 g/mol. The molecule has 0 radical (unpaired) electrons. The zero-order valence-electron chi connectivity index (χ0n) is 11.9. The van der Waals surface area contributed by atoms with Gasteiger partial charge >= 0.3 is 5.97 Å². The van der Waals surface area contributed by atoms with E-state index in [2.05, 4.69) is 10.3 Å². The highest BCUT2D eigenvalue weighted by Crippen LogP contribution is 2.20. The molecule has 0 fully saturated rings. The van der Waals surface area contributed by atoms with E-state index in [0.29, 0.717) is 19.3 Å². The molecule has 0 saturated carbocycles. The second-order valence-corrected chi connectivity index (χ2v) is 5.06. The van der Waals surface area contributed by atoms with Gasteiger partial charge in [0.25, 0.3) is 0 Å². The lowest BCUT2D eigenvalue weighted by Gasteiger charge is -2.17. The van der Waals surface area contributed by atoms with Gasteiger partial charge in [-0.1, -0.05) is 18.2 Å². The van der Waals surface area contributed by atoms with Crippen LogP contribution in [0.15, 0.2) is 30.3 Å². The number of para-hydroxylation sites is 1. The number of hydrogen-bond donors (Lipinski definition) is 2. The second kappa shape index (κ2) is 6.83. The van der Waals surface area contributed by atoms with Crippen molar-refractivity contribution in [1.29, 1.82) is 0 Å². The number of amides is 1. The van der Waals surface area contributed by atoms with Crippen molar-refractivity contribution >= 4 is 23.3 Å². The maximum atomic E-state index is 10.7. The van der Waals surface area contributed by atoms with Gasteiger partial charge in [-0.3, -0.25) is 14.6 Å². The zero-order chi connectivity index (χ0) is 15.2. The third kappa shape index (κ3) is 4.02. The van der Waals surface area contributed by atoms with Crippen LogP contribution in [-0.4, -0.2) is 28.5 Å². The van der Waals surface area contributed by atoms with E-state index in [9.17, 15) is 9.59 Å². The third-order valence-electron chi connectivity index (χ3n) is 3.41. The number of fused-ring (bicyclic) bond motifs is 1. The molecular formula is C16H18N2O3. The molecule has 1 aromatic carbocycles. The van der Waals surface area contributed by atoms with Crippen LogP contribution >= 0.6 is 0 Å². The number of hydrogen-bond acceptors (Lipinski definition) is 3. The Morgan fingerprint density at radius 1 is 1.43 bits per heavy atom. The Hall–Kier alpha value is -2.43. The number of aliphatic carboxylic acids is 1. The number of aromatic nitrogens is 1. The van der Waals surface area contributed by atoms with Gasteiger partial charge in [0.05, 0.1) is 5.52 Å². The SMILES string of the molecule is Cc1cc(CC(CCC(=O)O)NC=O)c2ccccc2n1. The summed E-state index contributed by atoms with van der Waals surface area (Å²) in [4.78, 5) is 25.9. The summed E-state index contributed by atoms with van der Waals surface area (Å²) in [5.41, 5.74) is 2.89. The zero-order valence-corrected chi connectivity index (χ0v) is 11.9. The Labute approximate surface area is 123 Å². The van der Waals surface area contributed by atoms with Gasteiger partial charge in [0, 0.05) is 23.5 Å². The fourth-order valence-electron chi connectivity index (χ4n) is 2.47. The lowest BCUT2D eigenvalue weighted by Crippen LogP contribution is -2.30. The maximum Gasteiger partial charge on any atom is 0.303 e. The molecule has 2 N–H and O–H groups in total. The van der Waals surface area contributed by atoms with Gasteiger partial charge in [0.1, 0.15) is 0 Å². The number of benzene rings is 1. The Morgan fingerprint density at radius 2 is 2.19 bits per heavy atom. The molecule has 1 unspecified atom stereocenters. The van der Waals surface area contributed by atoms with Gasteiger partial charge < -0.3 is 10.4 Å². The molecule has 5 nitrogen and oxygen atoms in total. The van der Waals surface area contributed by atoms with Gasteiger partial charge in [-0.2, -0.15) is 0 Å². The summed E-state index contributed by atoms with van der Waals surface area (Å²) in [5.74, 6) is -0.858. The topological polar surface area (TPSA) is 79.3 Å². The van der Waals surface area contributed by atoms with Crippen molar-refractivity contribution in [2.75, 3.05) is 0 Å². The van der Waals surface area contributed by atoms with Crippen LogP contribution < -0.4 is 5.32 Å². The number of carboxylic acid groups (broad SMARTS) is 1. The third-order valence-corrected chi connectivity index (χ3v) is 3.41. The predicted molar refractivity (Wildman–Crippen MR) is 80.0 cm³/mol. The molecule has 110 valence electrons. The van der Waals surface area contributed by atoms with E-state index in [-0.39, 0.29) is 12.5 Å². The molecule has 21 heavy (non-hydrogen) atoms. The van der Waals surface area contributed by atoms with Crippen LogP contribution in [0.4, 0.5) is 0 Å². The van der Waals surface area contributed by atoms with Gasteiger partial charge in [0.2, 0.25) is 6.41 Å². The summed E-state index contributed by atoms with van der Waals surface area (Å²) in [6.07, 6.45) is 1.66. The minimum absolute atomic E-state index is 0.0352. The Kier molecular flexibility index (Phi) is 4.87. The standard InChI is InChI=1S/C16H18N2O3/c1-11-8-12(14-4-2-3-5-15(14)18-11)9-13(17-10-19)6-7-16(20)21/h2-5,8,10,13H,6-7,9H2,1H3,(H,17,19)(H,20,21). The van der Waals surface area contributed by atoms with E-state index < -0.39 is 5.97 Å². The number of nitrogens with zero attached hydrogens (tertiary/aromatic N) is 1. The first-order valence-corrected chi connectivity index (χ1v) is 6.87. The van der Waals surface area contributed by atoms with Crippen LogP contribution in [0, 0.1) is 6.92 Å². The van der Waals surface area contributed by atoms with Crippen molar-refractivity contribution in [3.8, 4) is 0 Å². The molecule has 1 amide bonds. The van der Waals surface area contributed by atoms with E-state index in [0.717, 1.165) is 22.2 Å². The summed E-state index contributed by atoms with van der Waals surface area (Å²) in [5, 5.41) is 12.5. The molecule has 0 bridgehead atoms. The number of nitrogens with one attached hydrogen (secondary N) is 1. The molecule has 1 atom stereocenters. The van der Waals surface area contributed by atoms with Gasteiger partial charge in [-0.05, 0) is 37.5 Å². The summed E-state index contributed by atoms with van der Waals surface area (Å²) < 4.78 is 0. The second-order valence-electron chi connectivity index (χ2n) is 5.06. The monoisotopic (exact) mass is 286 g/mol. The highest BCUT2D eigenvalue weighted by Gasteiger charge is 2.13. The van der Waals surface area contributed by atoms with E-state index in [1.165, 1.54) is 0 Å². The lowest BCUT2D eigenvalue weighted by atomic mass is 9.98. The molecule has 0 aliphatic carbocycles. The molecule has 5 heteroatoms. The largest absolute Gasteiger partial charge is 0.481 e. The molecule has 2 rings (SSSR count). The Balaban J connectivity index is 2.27. The quantitative estimate of drug-likeness (QED) is 0.764. The minimum atomic E-state index is -0.858. The van der Waals surface area contributed by atoms with E-state index in [1.807, 2.05) is 37.3 Å². The van der Waals surface area contributed by atoms with Crippen LogP contribution in [0.25, 0.3) is 10.9 Å². The first-order chi connectivity index (χ1) is 10.1. The van der Waals surface area contributed by atoms with Gasteiger partial charge in [-0.15, -0.1) is 0 Å². The van der Waals surface area contributed by atoms with Crippen molar-refractivity contribution in [3.63, 3.8) is 0 Å². The highest BCUT2D eigenvalue weighted by atomic mass is 16.4. The van der Waals surface area contributed by atoms with Crippen LogP contribution in [0.1, 0.15) is 24.1 Å². The first-order valence-electron chi connectivity index (χ1n) is 6.87. The normalized spacial score (nSPS) is 12.0. The Morgan fingerprint density at radius 3 is 2.90 bits per heavy atom. The molecule has 0 aliphatic heterocycles. The summed E-state index contributed by atoms with van der Waals surface area (Å²) >= 11 is 0. The summed E-state index contributed by atoms with van der Waals surface area (Å²) in [6.45, 7) is 1.93. The number of carbonyl (C=O) groups excluding carboxylic acids is 1. The van der Waals surface area contributed by atoms with Gasteiger partial charge in [-0.25, -0.2) is 0 Å². The fourth-order valence-corrected chi connectivity index (χ4v) is 2.47. The fraction of sp³-hybridized carbons (Fsp3) is 0.312. The van der Waals surface area contributed by atoms with Crippen LogP contribution in [-0.2, 0) is 16.0 Å². The van der Waals surface area contributed by atoms with Crippen molar-refractivity contribution < 1.29 is 14.7 Å². The van der Waals surface area contributed by atoms with E-state index in [4.69, 9.17) is 5.11 Å². The molecule has 0 spiro atoms. The van der Waals surface area contributed by atoms with E-state index >= 15 is 0 Å². The Bertz CT molecular complexity index is 655. The number of carbonyl (C=O) groups is 2. The highest BCUT2D eigenvalue weighted by molar-refractivity contribution is 5.82. The summed E-state index contributed by atoms with van der Waals surface area (Å²) in [6, 6.07) is 9.62. The smallest absolute Gasteiger partial charge is 0.303 e.